The molecule has 2 N–H and O–H groups in total. The van der Waals surface area contributed by atoms with Crippen molar-refractivity contribution in [3.05, 3.63) is 0 Å². The third-order valence-corrected chi connectivity index (χ3v) is 4.50. The Balaban J connectivity index is 2.11. The molecular formula is C12H23NO2S. The summed E-state index contributed by atoms with van der Waals surface area (Å²) in [6.07, 6.45) is 8.89. The number of hydrogen-bond acceptors (Lipinski definition) is 4. The second-order valence-electron chi connectivity index (χ2n) is 4.40. The predicted octanol–water partition coefficient (Wildman–Crippen LogP) is 2.33. The molecule has 1 unspecified atom stereocenters. The number of hydrogen-bond donors (Lipinski definition) is 1. The van der Waals surface area contributed by atoms with E-state index in [4.69, 9.17) is 5.73 Å². The Bertz CT molecular complexity index is 203. The first-order valence-corrected chi connectivity index (χ1v) is 7.24. The maximum atomic E-state index is 11.1. The van der Waals surface area contributed by atoms with E-state index in [2.05, 4.69) is 4.74 Å². The molecule has 1 rings (SSSR count). The summed E-state index contributed by atoms with van der Waals surface area (Å²) in [5.74, 6) is 0.683. The first-order valence-electron chi connectivity index (χ1n) is 6.19. The van der Waals surface area contributed by atoms with Crippen LogP contribution in [0.25, 0.3) is 0 Å². The summed E-state index contributed by atoms with van der Waals surface area (Å²) in [4.78, 5) is 11.1. The number of esters is 1. The fourth-order valence-corrected chi connectivity index (χ4v) is 3.43. The fourth-order valence-electron chi connectivity index (χ4n) is 2.04. The average Bonchev–Trinajstić information content (AvgIpc) is 2.56. The van der Waals surface area contributed by atoms with Gasteiger partial charge in [-0.2, -0.15) is 11.8 Å². The fraction of sp³-hybridized carbons (Fsp3) is 0.917. The molecule has 94 valence electrons. The maximum absolute atomic E-state index is 11.1. The molecule has 1 saturated carbocycles. The minimum absolute atomic E-state index is 0.290. The lowest BCUT2D eigenvalue weighted by molar-refractivity contribution is -0.142. The number of methoxy groups -OCH3 is 1. The predicted molar refractivity (Wildman–Crippen MR) is 68.6 cm³/mol. The van der Waals surface area contributed by atoms with Crippen LogP contribution < -0.4 is 5.73 Å². The van der Waals surface area contributed by atoms with Crippen LogP contribution in [-0.4, -0.2) is 30.1 Å². The Kier molecular flexibility index (Phi) is 6.88. The standard InChI is InChI=1S/C12H23NO2S/c1-15-12(14)11(13)8-9-16-10-6-4-2-3-5-7-10/h10-11H,2-9,13H2,1H3. The van der Waals surface area contributed by atoms with Crippen LogP contribution in [0.2, 0.25) is 0 Å². The molecule has 0 bridgehead atoms. The van der Waals surface area contributed by atoms with Crippen molar-refractivity contribution in [1.82, 2.24) is 0 Å². The molecule has 1 fully saturated rings. The Morgan fingerprint density at radius 1 is 1.38 bits per heavy atom. The minimum Gasteiger partial charge on any atom is -0.468 e. The summed E-state index contributed by atoms with van der Waals surface area (Å²) in [6, 6.07) is -0.441. The second-order valence-corrected chi connectivity index (χ2v) is 5.81. The zero-order chi connectivity index (χ0) is 11.8. The van der Waals surface area contributed by atoms with Crippen LogP contribution in [0.15, 0.2) is 0 Å². The molecule has 0 radical (unpaired) electrons. The number of carbonyl (C=O) groups excluding carboxylic acids is 1. The van der Waals surface area contributed by atoms with Crippen LogP contribution in [0, 0.1) is 0 Å². The van der Waals surface area contributed by atoms with E-state index in [1.165, 1.54) is 45.6 Å². The van der Waals surface area contributed by atoms with Crippen LogP contribution in [0.4, 0.5) is 0 Å². The van der Waals surface area contributed by atoms with E-state index in [-0.39, 0.29) is 5.97 Å². The Morgan fingerprint density at radius 2 is 2.00 bits per heavy atom. The third kappa shape index (κ3) is 5.21. The maximum Gasteiger partial charge on any atom is 0.322 e. The van der Waals surface area contributed by atoms with E-state index < -0.39 is 6.04 Å². The summed E-state index contributed by atoms with van der Waals surface area (Å²) >= 11 is 1.98. The first kappa shape index (κ1) is 13.8. The molecule has 0 aromatic heterocycles. The molecule has 4 heteroatoms. The van der Waals surface area contributed by atoms with Gasteiger partial charge in [-0.1, -0.05) is 25.7 Å². The Labute approximate surface area is 102 Å². The van der Waals surface area contributed by atoms with E-state index in [0.717, 1.165) is 17.4 Å². The van der Waals surface area contributed by atoms with Crippen molar-refractivity contribution in [3.8, 4) is 0 Å². The zero-order valence-corrected chi connectivity index (χ0v) is 10.9. The van der Waals surface area contributed by atoms with Gasteiger partial charge in [0.15, 0.2) is 0 Å². The van der Waals surface area contributed by atoms with E-state index in [1.807, 2.05) is 11.8 Å². The van der Waals surface area contributed by atoms with Crippen molar-refractivity contribution >= 4 is 17.7 Å². The number of thioether (sulfide) groups is 1. The van der Waals surface area contributed by atoms with Gasteiger partial charge in [0.05, 0.1) is 7.11 Å². The van der Waals surface area contributed by atoms with Crippen molar-refractivity contribution < 1.29 is 9.53 Å². The normalized spacial score (nSPS) is 20.1. The lowest BCUT2D eigenvalue weighted by atomic mass is 10.2. The molecule has 0 aromatic rings. The van der Waals surface area contributed by atoms with E-state index in [9.17, 15) is 4.79 Å². The van der Waals surface area contributed by atoms with Crippen molar-refractivity contribution in [2.45, 2.75) is 56.2 Å². The highest BCUT2D eigenvalue weighted by molar-refractivity contribution is 7.99. The number of rotatable bonds is 5. The summed E-state index contributed by atoms with van der Waals surface area (Å²) in [5, 5.41) is 0.785. The van der Waals surface area contributed by atoms with Gasteiger partial charge in [0.2, 0.25) is 0 Å². The number of ether oxygens (including phenoxy) is 1. The molecule has 3 nitrogen and oxygen atoms in total. The van der Waals surface area contributed by atoms with Gasteiger partial charge in [-0.15, -0.1) is 0 Å². The molecule has 1 atom stereocenters. The molecule has 0 aliphatic heterocycles. The van der Waals surface area contributed by atoms with Gasteiger partial charge in [-0.25, -0.2) is 0 Å². The highest BCUT2D eigenvalue weighted by Gasteiger charge is 2.16. The first-order chi connectivity index (χ1) is 7.74. The number of nitrogens with two attached hydrogens (primary N) is 1. The molecule has 0 spiro atoms. The molecule has 16 heavy (non-hydrogen) atoms. The molecule has 1 aliphatic rings. The highest BCUT2D eigenvalue weighted by Crippen LogP contribution is 2.27. The minimum atomic E-state index is -0.441. The molecule has 0 amide bonds. The quantitative estimate of drug-likeness (QED) is 0.596. The average molecular weight is 245 g/mol. The van der Waals surface area contributed by atoms with Gasteiger partial charge in [-0.3, -0.25) is 4.79 Å². The molecule has 1 aliphatic carbocycles. The van der Waals surface area contributed by atoms with E-state index in [0.29, 0.717) is 0 Å². The van der Waals surface area contributed by atoms with Crippen molar-refractivity contribution in [1.29, 1.82) is 0 Å². The molecule has 0 saturated heterocycles. The lowest BCUT2D eigenvalue weighted by Crippen LogP contribution is -2.32. The molecule has 0 aromatic carbocycles. The van der Waals surface area contributed by atoms with Crippen LogP contribution in [0.1, 0.15) is 44.9 Å². The number of carbonyl (C=O) groups is 1. The van der Waals surface area contributed by atoms with Gasteiger partial charge in [0.1, 0.15) is 6.04 Å². The summed E-state index contributed by atoms with van der Waals surface area (Å²) in [7, 11) is 1.39. The van der Waals surface area contributed by atoms with Crippen LogP contribution >= 0.6 is 11.8 Å². The van der Waals surface area contributed by atoms with E-state index >= 15 is 0 Å². The summed E-state index contributed by atoms with van der Waals surface area (Å²) in [6.45, 7) is 0. The monoisotopic (exact) mass is 245 g/mol. The molecular weight excluding hydrogens is 222 g/mol. The van der Waals surface area contributed by atoms with Gasteiger partial charge >= 0.3 is 5.97 Å². The zero-order valence-electron chi connectivity index (χ0n) is 10.1. The topological polar surface area (TPSA) is 52.3 Å². The highest BCUT2D eigenvalue weighted by atomic mass is 32.2. The second kappa shape index (κ2) is 7.96. The SMILES string of the molecule is COC(=O)C(N)CCSC1CCCCCC1. The molecule has 0 heterocycles. The van der Waals surface area contributed by atoms with Crippen molar-refractivity contribution in [3.63, 3.8) is 0 Å². The summed E-state index contributed by atoms with van der Waals surface area (Å²) in [5.41, 5.74) is 5.69. The van der Waals surface area contributed by atoms with E-state index in [1.54, 1.807) is 0 Å². The van der Waals surface area contributed by atoms with Crippen molar-refractivity contribution in [2.24, 2.45) is 5.73 Å². The van der Waals surface area contributed by atoms with Gasteiger partial charge < -0.3 is 10.5 Å². The van der Waals surface area contributed by atoms with Crippen LogP contribution in [-0.2, 0) is 9.53 Å². The van der Waals surface area contributed by atoms with Crippen LogP contribution in [0.5, 0.6) is 0 Å². The Morgan fingerprint density at radius 3 is 2.56 bits per heavy atom. The van der Waals surface area contributed by atoms with Crippen molar-refractivity contribution in [2.75, 3.05) is 12.9 Å². The lowest BCUT2D eigenvalue weighted by Gasteiger charge is -2.14. The Hall–Kier alpha value is -0.220. The third-order valence-electron chi connectivity index (χ3n) is 3.09. The van der Waals surface area contributed by atoms with Gasteiger partial charge in [0.25, 0.3) is 0 Å². The summed E-state index contributed by atoms with van der Waals surface area (Å²) < 4.78 is 4.60. The smallest absolute Gasteiger partial charge is 0.322 e. The van der Waals surface area contributed by atoms with Crippen LogP contribution in [0.3, 0.4) is 0 Å². The largest absolute Gasteiger partial charge is 0.468 e. The van der Waals surface area contributed by atoms with Gasteiger partial charge in [0, 0.05) is 5.25 Å². The van der Waals surface area contributed by atoms with Gasteiger partial charge in [-0.05, 0) is 25.0 Å².